The monoisotopic (exact) mass is 341 g/mol. The Morgan fingerprint density at radius 3 is 2.96 bits per heavy atom. The second-order valence-electron chi connectivity index (χ2n) is 4.78. The van der Waals surface area contributed by atoms with Gasteiger partial charge in [-0.2, -0.15) is 0 Å². The van der Waals surface area contributed by atoms with Gasteiger partial charge >= 0.3 is 0 Å². The summed E-state index contributed by atoms with van der Waals surface area (Å²) in [5, 5.41) is 6.20. The molecule has 0 fully saturated rings. The quantitative estimate of drug-likeness (QED) is 0.607. The molecule has 114 valence electrons. The normalized spacial score (nSPS) is 11.0. The second kappa shape index (κ2) is 5.60. The number of hydrogen-bond acceptors (Lipinski definition) is 6. The van der Waals surface area contributed by atoms with E-state index in [2.05, 4.69) is 15.3 Å². The highest BCUT2D eigenvalue weighted by Gasteiger charge is 2.15. The smallest absolute Gasteiger partial charge is 0.267 e. The predicted molar refractivity (Wildman–Crippen MR) is 93.7 cm³/mol. The number of pyridine rings is 1. The van der Waals surface area contributed by atoms with Crippen molar-refractivity contribution >= 4 is 54.8 Å². The number of carbonyl (C=O) groups is 1. The lowest BCUT2D eigenvalue weighted by Gasteiger charge is -2.04. The Balaban J connectivity index is 1.81. The topological polar surface area (TPSA) is 64.1 Å². The van der Waals surface area contributed by atoms with Crippen molar-refractivity contribution in [1.82, 2.24) is 9.97 Å². The highest BCUT2D eigenvalue weighted by Crippen LogP contribution is 2.36. The van der Waals surface area contributed by atoms with Crippen LogP contribution >= 0.6 is 22.7 Å². The van der Waals surface area contributed by atoms with Crippen molar-refractivity contribution in [2.75, 3.05) is 12.4 Å². The standard InChI is InChI=1S/C16H11N3O2S2/c1-21-10-8-12-14(9-4-2-6-17-13(9)10)18-16(23-12)19-15(20)11-5-3-7-22-11/h2-8H,1H3,(H,18,19,20). The van der Waals surface area contributed by atoms with Crippen LogP contribution in [-0.4, -0.2) is 23.0 Å². The van der Waals surface area contributed by atoms with Crippen LogP contribution in [0, 0.1) is 0 Å². The van der Waals surface area contributed by atoms with Crippen LogP contribution in [0.3, 0.4) is 0 Å². The van der Waals surface area contributed by atoms with Gasteiger partial charge in [0.25, 0.3) is 5.91 Å². The van der Waals surface area contributed by atoms with Crippen LogP contribution in [0.15, 0.2) is 41.9 Å². The Labute approximate surface area is 139 Å². The van der Waals surface area contributed by atoms with E-state index in [1.54, 1.807) is 19.4 Å². The number of methoxy groups -OCH3 is 1. The van der Waals surface area contributed by atoms with Gasteiger partial charge in [-0.15, -0.1) is 11.3 Å². The first-order chi connectivity index (χ1) is 11.3. The van der Waals surface area contributed by atoms with Gasteiger partial charge in [0, 0.05) is 17.6 Å². The molecule has 3 heterocycles. The molecule has 1 aromatic carbocycles. The van der Waals surface area contributed by atoms with Gasteiger partial charge in [0.1, 0.15) is 11.3 Å². The van der Waals surface area contributed by atoms with Crippen molar-refractivity contribution in [2.45, 2.75) is 0 Å². The van der Waals surface area contributed by atoms with Crippen molar-refractivity contribution < 1.29 is 9.53 Å². The number of thiophene rings is 1. The minimum absolute atomic E-state index is 0.145. The first kappa shape index (κ1) is 14.1. The van der Waals surface area contributed by atoms with Crippen molar-refractivity contribution in [2.24, 2.45) is 0 Å². The molecule has 23 heavy (non-hydrogen) atoms. The van der Waals surface area contributed by atoms with Crippen LogP contribution in [-0.2, 0) is 0 Å². The van der Waals surface area contributed by atoms with Crippen LogP contribution in [0.5, 0.6) is 5.75 Å². The third-order valence-electron chi connectivity index (χ3n) is 3.40. The third kappa shape index (κ3) is 2.43. The fourth-order valence-electron chi connectivity index (χ4n) is 2.38. The van der Waals surface area contributed by atoms with E-state index in [4.69, 9.17) is 4.74 Å². The zero-order valence-electron chi connectivity index (χ0n) is 12.1. The molecule has 5 nitrogen and oxygen atoms in total. The minimum Gasteiger partial charge on any atom is -0.494 e. The zero-order valence-corrected chi connectivity index (χ0v) is 13.7. The van der Waals surface area contributed by atoms with Crippen molar-refractivity contribution in [3.8, 4) is 5.75 Å². The molecular weight excluding hydrogens is 330 g/mol. The molecule has 0 aliphatic carbocycles. The number of thiazole rings is 1. The number of fused-ring (bicyclic) bond motifs is 3. The van der Waals surface area contributed by atoms with Gasteiger partial charge in [-0.3, -0.25) is 15.1 Å². The highest BCUT2D eigenvalue weighted by atomic mass is 32.1. The van der Waals surface area contributed by atoms with Crippen molar-refractivity contribution in [3.05, 3.63) is 46.8 Å². The Morgan fingerprint density at radius 2 is 2.17 bits per heavy atom. The van der Waals surface area contributed by atoms with Crippen LogP contribution in [0.4, 0.5) is 5.13 Å². The van der Waals surface area contributed by atoms with E-state index in [-0.39, 0.29) is 5.91 Å². The van der Waals surface area contributed by atoms with E-state index in [9.17, 15) is 4.79 Å². The fraction of sp³-hybridized carbons (Fsp3) is 0.0625. The summed E-state index contributed by atoms with van der Waals surface area (Å²) in [5.74, 6) is 0.557. The molecule has 7 heteroatoms. The van der Waals surface area contributed by atoms with Gasteiger partial charge in [0.2, 0.25) is 0 Å². The summed E-state index contributed by atoms with van der Waals surface area (Å²) in [5.41, 5.74) is 1.59. The van der Waals surface area contributed by atoms with Crippen LogP contribution in [0.25, 0.3) is 21.1 Å². The number of amides is 1. The van der Waals surface area contributed by atoms with E-state index in [1.807, 2.05) is 29.6 Å². The molecule has 1 N–H and O–H groups in total. The summed E-state index contributed by atoms with van der Waals surface area (Å²) in [4.78, 5) is 21.8. The maximum absolute atomic E-state index is 12.2. The van der Waals surface area contributed by atoms with Crippen LogP contribution in [0.1, 0.15) is 9.67 Å². The third-order valence-corrected chi connectivity index (χ3v) is 5.18. The number of benzene rings is 1. The number of anilines is 1. The number of hydrogen-bond donors (Lipinski definition) is 1. The van der Waals surface area contributed by atoms with Crippen LogP contribution < -0.4 is 10.1 Å². The highest BCUT2D eigenvalue weighted by molar-refractivity contribution is 7.22. The summed E-state index contributed by atoms with van der Waals surface area (Å²) in [6, 6.07) is 9.36. The first-order valence-electron chi connectivity index (χ1n) is 6.83. The lowest BCUT2D eigenvalue weighted by molar-refractivity contribution is 0.103. The second-order valence-corrected chi connectivity index (χ2v) is 6.75. The van der Waals surface area contributed by atoms with Gasteiger partial charge in [-0.25, -0.2) is 4.98 Å². The summed E-state index contributed by atoms with van der Waals surface area (Å²) in [6.07, 6.45) is 1.72. The van der Waals surface area contributed by atoms with Gasteiger partial charge in [0.15, 0.2) is 5.13 Å². The van der Waals surface area contributed by atoms with E-state index in [1.165, 1.54) is 22.7 Å². The minimum atomic E-state index is -0.145. The van der Waals surface area contributed by atoms with Gasteiger partial charge < -0.3 is 4.74 Å². The molecule has 0 aliphatic rings. The Morgan fingerprint density at radius 1 is 1.26 bits per heavy atom. The average molecular weight is 341 g/mol. The van der Waals surface area contributed by atoms with E-state index in [0.717, 1.165) is 21.1 Å². The molecular formula is C16H11N3O2S2. The summed E-state index contributed by atoms with van der Waals surface area (Å²) < 4.78 is 6.36. The lowest BCUT2D eigenvalue weighted by Crippen LogP contribution is -2.09. The van der Waals surface area contributed by atoms with Gasteiger partial charge in [0.05, 0.1) is 22.2 Å². The van der Waals surface area contributed by atoms with E-state index >= 15 is 0 Å². The van der Waals surface area contributed by atoms with Gasteiger partial charge in [-0.1, -0.05) is 17.4 Å². The number of nitrogens with one attached hydrogen (secondary N) is 1. The molecule has 1 amide bonds. The predicted octanol–water partition coefficient (Wildman–Crippen LogP) is 4.17. The van der Waals surface area contributed by atoms with Crippen molar-refractivity contribution in [1.29, 1.82) is 0 Å². The number of rotatable bonds is 3. The molecule has 4 rings (SSSR count). The Bertz CT molecular complexity index is 1010. The largest absolute Gasteiger partial charge is 0.494 e. The lowest BCUT2D eigenvalue weighted by atomic mass is 10.2. The van der Waals surface area contributed by atoms with Gasteiger partial charge in [-0.05, 0) is 23.6 Å². The molecule has 0 aliphatic heterocycles. The summed E-state index contributed by atoms with van der Waals surface area (Å²) in [7, 11) is 1.62. The number of aromatic nitrogens is 2. The molecule has 0 spiro atoms. The average Bonchev–Trinajstić information content (AvgIpc) is 3.23. The first-order valence-corrected chi connectivity index (χ1v) is 8.53. The molecule has 0 saturated heterocycles. The molecule has 0 radical (unpaired) electrons. The molecule has 0 bridgehead atoms. The molecule has 4 aromatic rings. The molecule has 3 aromatic heterocycles. The molecule has 0 saturated carbocycles. The summed E-state index contributed by atoms with van der Waals surface area (Å²) >= 11 is 2.82. The van der Waals surface area contributed by atoms with E-state index in [0.29, 0.717) is 15.8 Å². The van der Waals surface area contributed by atoms with Crippen LogP contribution in [0.2, 0.25) is 0 Å². The number of ether oxygens (including phenoxy) is 1. The molecule has 0 unspecified atom stereocenters. The maximum atomic E-state index is 12.2. The van der Waals surface area contributed by atoms with Crippen molar-refractivity contribution in [3.63, 3.8) is 0 Å². The number of carbonyl (C=O) groups excluding carboxylic acids is 1. The fourth-order valence-corrected chi connectivity index (χ4v) is 3.90. The zero-order chi connectivity index (χ0) is 15.8. The number of nitrogens with zero attached hydrogens (tertiary/aromatic N) is 2. The Kier molecular flexibility index (Phi) is 3.44. The maximum Gasteiger partial charge on any atom is 0.267 e. The summed E-state index contributed by atoms with van der Waals surface area (Å²) in [6.45, 7) is 0. The van der Waals surface area contributed by atoms with E-state index < -0.39 is 0 Å². The molecule has 0 atom stereocenters. The SMILES string of the molecule is COc1cc2sc(NC(=O)c3cccs3)nc2c2cccnc12. The Hall–Kier alpha value is -2.51.